The van der Waals surface area contributed by atoms with Crippen LogP contribution in [0.2, 0.25) is 0 Å². The highest BCUT2D eigenvalue weighted by Crippen LogP contribution is 2.38. The van der Waals surface area contributed by atoms with Gasteiger partial charge in [0.25, 0.3) is 0 Å². The van der Waals surface area contributed by atoms with Crippen LogP contribution in [0.3, 0.4) is 0 Å². The van der Waals surface area contributed by atoms with Crippen LogP contribution >= 0.6 is 0 Å². The van der Waals surface area contributed by atoms with E-state index >= 15 is 4.39 Å². The summed E-state index contributed by atoms with van der Waals surface area (Å²) in [6, 6.07) is 14.9. The molecule has 1 aliphatic carbocycles. The Morgan fingerprint density at radius 3 is 2.47 bits per heavy atom. The van der Waals surface area contributed by atoms with Crippen molar-refractivity contribution in [1.29, 1.82) is 0 Å². The number of benzene rings is 2. The Kier molecular flexibility index (Phi) is 7.63. The molecular weight excluding hydrogens is 435 g/mol. The van der Waals surface area contributed by atoms with Crippen LogP contribution in [0.1, 0.15) is 31.4 Å². The molecule has 3 aromatic rings. The fraction of sp³-hybridized carbons (Fsp3) is 0.407. The number of aliphatic carboxylic acids is 1. The van der Waals surface area contributed by atoms with Gasteiger partial charge in [-0.15, -0.1) is 0 Å². The van der Waals surface area contributed by atoms with Gasteiger partial charge in [0.1, 0.15) is 23.9 Å². The van der Waals surface area contributed by atoms with Crippen molar-refractivity contribution >= 4 is 5.97 Å². The highest BCUT2D eigenvalue weighted by atomic mass is 19.1. The summed E-state index contributed by atoms with van der Waals surface area (Å²) in [5.74, 6) is 0.0524. The van der Waals surface area contributed by atoms with Crippen molar-refractivity contribution in [1.82, 2.24) is 9.78 Å². The number of ether oxygens (including phenoxy) is 2. The zero-order valence-corrected chi connectivity index (χ0v) is 19.7. The number of carboxylic acid groups (broad SMARTS) is 1. The number of aromatic nitrogens is 2. The van der Waals surface area contributed by atoms with Crippen LogP contribution in [-0.4, -0.2) is 41.2 Å². The van der Waals surface area contributed by atoms with Gasteiger partial charge in [0.15, 0.2) is 0 Å². The van der Waals surface area contributed by atoms with Crippen LogP contribution in [0.4, 0.5) is 4.39 Å². The number of carbonyl (C=O) groups is 1. The molecule has 34 heavy (non-hydrogen) atoms. The third kappa shape index (κ3) is 5.47. The molecule has 1 aromatic heterocycles. The van der Waals surface area contributed by atoms with Gasteiger partial charge < -0.3 is 14.6 Å². The summed E-state index contributed by atoms with van der Waals surface area (Å²) in [5, 5.41) is 13.6. The first-order valence-electron chi connectivity index (χ1n) is 11.7. The van der Waals surface area contributed by atoms with Crippen LogP contribution in [0, 0.1) is 24.6 Å². The summed E-state index contributed by atoms with van der Waals surface area (Å²) in [7, 11) is 1.52. The first kappa shape index (κ1) is 24.0. The number of carboxylic acids is 1. The van der Waals surface area contributed by atoms with Gasteiger partial charge in [0.2, 0.25) is 0 Å². The maximum atomic E-state index is 15.0. The van der Waals surface area contributed by atoms with Crippen molar-refractivity contribution < 1.29 is 23.8 Å². The molecule has 7 heteroatoms. The summed E-state index contributed by atoms with van der Waals surface area (Å²) in [5.41, 5.74) is 4.07. The minimum atomic E-state index is -0.929. The number of halogens is 1. The highest BCUT2D eigenvalue weighted by molar-refractivity contribution is 5.83. The lowest BCUT2D eigenvalue weighted by Crippen LogP contribution is -2.23. The smallest absolute Gasteiger partial charge is 0.329 e. The molecule has 0 saturated heterocycles. The summed E-state index contributed by atoms with van der Waals surface area (Å²) in [4.78, 5) is 10.7. The predicted molar refractivity (Wildman–Crippen MR) is 128 cm³/mol. The lowest BCUT2D eigenvalue weighted by molar-refractivity contribution is -0.142. The maximum Gasteiger partial charge on any atom is 0.329 e. The first-order valence-corrected chi connectivity index (χ1v) is 11.7. The molecular formula is C27H31FN2O4. The van der Waals surface area contributed by atoms with E-state index in [4.69, 9.17) is 19.7 Å². The Morgan fingerprint density at radius 1 is 1.12 bits per heavy atom. The summed E-state index contributed by atoms with van der Waals surface area (Å²) in [6.45, 7) is 3.08. The van der Waals surface area contributed by atoms with Crippen LogP contribution in [0.25, 0.3) is 22.4 Å². The first-order chi connectivity index (χ1) is 16.5. The third-order valence-corrected chi connectivity index (χ3v) is 6.68. The molecule has 180 valence electrons. The molecule has 1 N–H and O–H groups in total. The van der Waals surface area contributed by atoms with Crippen LogP contribution in [0.15, 0.2) is 48.5 Å². The minimum Gasteiger partial charge on any atom is -0.497 e. The van der Waals surface area contributed by atoms with Gasteiger partial charge >= 0.3 is 5.97 Å². The van der Waals surface area contributed by atoms with E-state index in [1.807, 2.05) is 41.9 Å². The van der Waals surface area contributed by atoms with Gasteiger partial charge in [0.05, 0.1) is 13.7 Å². The van der Waals surface area contributed by atoms with Gasteiger partial charge in [-0.1, -0.05) is 30.3 Å². The molecule has 1 fully saturated rings. The van der Waals surface area contributed by atoms with E-state index in [0.717, 1.165) is 49.0 Å². The van der Waals surface area contributed by atoms with E-state index in [0.29, 0.717) is 35.4 Å². The second-order valence-corrected chi connectivity index (χ2v) is 9.00. The standard InChI is InChI=1S/C27H31FN2O4/c1-18-26(21-6-4-3-5-7-21)27(23-13-12-22(33-2)14-24(23)28)29-30(18)15-19-8-10-20(11-9-19)16-34-17-25(31)32/h3-7,12-14,19-20H,8-11,15-17H2,1-2H3,(H,31,32)/t19-,20+. The average molecular weight is 467 g/mol. The minimum absolute atomic E-state index is 0.237. The second kappa shape index (κ2) is 10.8. The Morgan fingerprint density at radius 2 is 1.82 bits per heavy atom. The summed E-state index contributed by atoms with van der Waals surface area (Å²) in [6.07, 6.45) is 4.09. The van der Waals surface area contributed by atoms with Crippen LogP contribution in [-0.2, 0) is 16.1 Å². The second-order valence-electron chi connectivity index (χ2n) is 9.00. The number of hydrogen-bond donors (Lipinski definition) is 1. The Balaban J connectivity index is 1.56. The van der Waals surface area contributed by atoms with Gasteiger partial charge in [0, 0.05) is 29.4 Å². The van der Waals surface area contributed by atoms with E-state index in [2.05, 4.69) is 0 Å². The fourth-order valence-electron chi connectivity index (χ4n) is 4.82. The molecule has 6 nitrogen and oxygen atoms in total. The topological polar surface area (TPSA) is 73.6 Å². The summed E-state index contributed by atoms with van der Waals surface area (Å²) < 4.78 is 27.5. The average Bonchev–Trinajstić information content (AvgIpc) is 3.15. The van der Waals surface area contributed by atoms with E-state index in [9.17, 15) is 4.79 Å². The maximum absolute atomic E-state index is 15.0. The van der Waals surface area contributed by atoms with E-state index in [-0.39, 0.29) is 12.4 Å². The number of hydrogen-bond acceptors (Lipinski definition) is 4. The Hall–Kier alpha value is -3.19. The molecule has 0 amide bonds. The number of rotatable bonds is 9. The van der Waals surface area contributed by atoms with Crippen LogP contribution in [0.5, 0.6) is 5.75 Å². The Bertz CT molecular complexity index is 1120. The molecule has 0 spiro atoms. The largest absolute Gasteiger partial charge is 0.497 e. The quantitative estimate of drug-likeness (QED) is 0.446. The van der Waals surface area contributed by atoms with Crippen molar-refractivity contribution in [2.24, 2.45) is 11.8 Å². The normalized spacial score (nSPS) is 18.1. The van der Waals surface area contributed by atoms with E-state index in [1.54, 1.807) is 12.1 Å². The highest BCUT2D eigenvalue weighted by Gasteiger charge is 2.25. The van der Waals surface area contributed by atoms with E-state index < -0.39 is 5.97 Å². The number of methoxy groups -OCH3 is 1. The molecule has 2 aromatic carbocycles. The van der Waals surface area contributed by atoms with Crippen molar-refractivity contribution in [3.63, 3.8) is 0 Å². The van der Waals surface area contributed by atoms with Crippen molar-refractivity contribution in [2.75, 3.05) is 20.3 Å². The molecule has 4 rings (SSSR count). The number of nitrogens with zero attached hydrogens (tertiary/aromatic N) is 2. The monoisotopic (exact) mass is 466 g/mol. The molecule has 0 radical (unpaired) electrons. The SMILES string of the molecule is COc1ccc(-c2nn(C[C@H]3CC[C@@H](COCC(=O)O)CC3)c(C)c2-c2ccccc2)c(F)c1. The van der Waals surface area contributed by atoms with Crippen LogP contribution < -0.4 is 4.74 Å². The predicted octanol–water partition coefficient (Wildman–Crippen LogP) is 5.58. The third-order valence-electron chi connectivity index (χ3n) is 6.68. The zero-order valence-electron chi connectivity index (χ0n) is 19.7. The van der Waals surface area contributed by atoms with Gasteiger partial charge in [-0.2, -0.15) is 5.10 Å². The fourth-order valence-corrected chi connectivity index (χ4v) is 4.82. The molecule has 1 saturated carbocycles. The van der Waals surface area contributed by atoms with Crippen molar-refractivity contribution in [3.8, 4) is 28.1 Å². The lowest BCUT2D eigenvalue weighted by Gasteiger charge is -2.28. The van der Waals surface area contributed by atoms with Crippen molar-refractivity contribution in [2.45, 2.75) is 39.2 Å². The zero-order chi connectivity index (χ0) is 24.1. The molecule has 1 heterocycles. The molecule has 1 aliphatic rings. The lowest BCUT2D eigenvalue weighted by atomic mass is 9.82. The van der Waals surface area contributed by atoms with Gasteiger partial charge in [-0.25, -0.2) is 9.18 Å². The molecule has 0 bridgehead atoms. The molecule has 0 aliphatic heterocycles. The molecule has 0 unspecified atom stereocenters. The van der Waals surface area contributed by atoms with Gasteiger partial charge in [-0.3, -0.25) is 4.68 Å². The van der Waals surface area contributed by atoms with E-state index in [1.165, 1.54) is 13.2 Å². The summed E-state index contributed by atoms with van der Waals surface area (Å²) >= 11 is 0. The molecule has 0 atom stereocenters. The Labute approximate surface area is 199 Å². The van der Waals surface area contributed by atoms with Gasteiger partial charge in [-0.05, 0) is 62.1 Å². The van der Waals surface area contributed by atoms with Crippen molar-refractivity contribution in [3.05, 3.63) is 60.0 Å².